The molecule has 5 heteroatoms. The van der Waals surface area contributed by atoms with Gasteiger partial charge in [0.15, 0.2) is 5.76 Å². The number of carbonyl (C=O) groups excluding carboxylic acids is 1. The molecule has 0 saturated carbocycles. The van der Waals surface area contributed by atoms with Crippen LogP contribution in [0.1, 0.15) is 41.1 Å². The largest absolute Gasteiger partial charge is 0.497 e. The molecular formula is C18H22N2O3. The van der Waals surface area contributed by atoms with E-state index < -0.39 is 0 Å². The second kappa shape index (κ2) is 6.46. The van der Waals surface area contributed by atoms with Crippen molar-refractivity contribution in [3.8, 4) is 5.75 Å². The van der Waals surface area contributed by atoms with Gasteiger partial charge < -0.3 is 19.8 Å². The number of carbonyl (C=O) groups is 1. The Labute approximate surface area is 136 Å². The summed E-state index contributed by atoms with van der Waals surface area (Å²) in [6, 6.07) is 11.7. The molecule has 0 radical (unpaired) electrons. The van der Waals surface area contributed by atoms with E-state index in [0.29, 0.717) is 30.5 Å². The Balaban J connectivity index is 1.73. The number of benzene rings is 1. The summed E-state index contributed by atoms with van der Waals surface area (Å²) in [6.45, 7) is 3.08. The van der Waals surface area contributed by atoms with Gasteiger partial charge in [-0.2, -0.15) is 0 Å². The molecule has 2 N–H and O–H groups in total. The van der Waals surface area contributed by atoms with Crippen LogP contribution in [0.25, 0.3) is 0 Å². The number of amides is 1. The van der Waals surface area contributed by atoms with Crippen molar-refractivity contribution >= 4 is 5.91 Å². The quantitative estimate of drug-likeness (QED) is 0.942. The van der Waals surface area contributed by atoms with Crippen LogP contribution >= 0.6 is 0 Å². The first-order chi connectivity index (χ1) is 11.1. The molecule has 3 rings (SSSR count). The number of hydrogen-bond donors (Lipinski definition) is 1. The van der Waals surface area contributed by atoms with Crippen LogP contribution in [0.5, 0.6) is 5.75 Å². The molecule has 1 aromatic carbocycles. The third-order valence-electron chi connectivity index (χ3n) is 4.50. The number of hydrogen-bond acceptors (Lipinski definition) is 4. The van der Waals surface area contributed by atoms with Crippen LogP contribution in [0.4, 0.5) is 0 Å². The second-order valence-corrected chi connectivity index (χ2v) is 5.98. The van der Waals surface area contributed by atoms with Gasteiger partial charge in [0.1, 0.15) is 11.5 Å². The molecule has 23 heavy (non-hydrogen) atoms. The van der Waals surface area contributed by atoms with Gasteiger partial charge >= 0.3 is 0 Å². The number of furan rings is 1. The van der Waals surface area contributed by atoms with Crippen LogP contribution in [0.15, 0.2) is 40.8 Å². The number of methoxy groups -OCH3 is 1. The van der Waals surface area contributed by atoms with E-state index in [-0.39, 0.29) is 11.9 Å². The van der Waals surface area contributed by atoms with Gasteiger partial charge in [0.2, 0.25) is 0 Å². The molecule has 1 aliphatic heterocycles. The van der Waals surface area contributed by atoms with Crippen LogP contribution in [0.2, 0.25) is 0 Å². The monoisotopic (exact) mass is 314 g/mol. The molecular weight excluding hydrogens is 292 g/mol. The van der Waals surface area contributed by atoms with E-state index in [4.69, 9.17) is 14.9 Å². The fourth-order valence-corrected chi connectivity index (χ4v) is 3.18. The highest BCUT2D eigenvalue weighted by atomic mass is 16.5. The van der Waals surface area contributed by atoms with Crippen molar-refractivity contribution in [1.29, 1.82) is 0 Å². The Morgan fingerprint density at radius 2 is 2.04 bits per heavy atom. The van der Waals surface area contributed by atoms with E-state index in [1.165, 1.54) is 5.56 Å². The van der Waals surface area contributed by atoms with Crippen molar-refractivity contribution in [3.05, 3.63) is 53.5 Å². The highest BCUT2D eigenvalue weighted by Crippen LogP contribution is 2.33. The van der Waals surface area contributed by atoms with Gasteiger partial charge in [0.25, 0.3) is 5.91 Å². The van der Waals surface area contributed by atoms with Crippen molar-refractivity contribution in [3.63, 3.8) is 0 Å². The van der Waals surface area contributed by atoms with Gasteiger partial charge in [-0.05, 0) is 43.2 Å². The van der Waals surface area contributed by atoms with Crippen LogP contribution in [0, 0.1) is 0 Å². The van der Waals surface area contributed by atoms with Gasteiger partial charge in [-0.25, -0.2) is 0 Å². The number of nitrogens with two attached hydrogens (primary N) is 1. The summed E-state index contributed by atoms with van der Waals surface area (Å²) in [5, 5.41) is 0. The average Bonchev–Trinajstić information content (AvgIpc) is 3.21. The maximum Gasteiger partial charge on any atom is 0.289 e. The van der Waals surface area contributed by atoms with Crippen molar-refractivity contribution < 1.29 is 13.9 Å². The Morgan fingerprint density at radius 3 is 2.65 bits per heavy atom. The normalized spacial score (nSPS) is 20.7. The highest BCUT2D eigenvalue weighted by molar-refractivity contribution is 5.92. The molecule has 2 atom stereocenters. The van der Waals surface area contributed by atoms with Gasteiger partial charge in [-0.3, -0.25) is 4.79 Å². The Bertz CT molecular complexity index is 678. The summed E-state index contributed by atoms with van der Waals surface area (Å²) in [6.07, 6.45) is 0.947. The standard InChI is InChI=1S/C18H22N2O3/c1-12-9-14(13-3-5-15(22-2)6-4-13)11-20(12)18(21)17-8-7-16(10-19)23-17/h3-8,12,14H,9-11,19H2,1-2H3/t12-,14-/m1/s1. The lowest BCUT2D eigenvalue weighted by Crippen LogP contribution is -2.33. The third-order valence-corrected chi connectivity index (χ3v) is 4.50. The second-order valence-electron chi connectivity index (χ2n) is 5.98. The number of nitrogens with zero attached hydrogens (tertiary/aromatic N) is 1. The Morgan fingerprint density at radius 1 is 1.30 bits per heavy atom. The summed E-state index contributed by atoms with van der Waals surface area (Å²) in [7, 11) is 1.66. The number of likely N-dealkylation sites (tertiary alicyclic amines) is 1. The van der Waals surface area contributed by atoms with Crippen LogP contribution in [0.3, 0.4) is 0 Å². The molecule has 5 nitrogen and oxygen atoms in total. The van der Waals surface area contributed by atoms with Crippen molar-refractivity contribution in [1.82, 2.24) is 4.90 Å². The summed E-state index contributed by atoms with van der Waals surface area (Å²) >= 11 is 0. The Hall–Kier alpha value is -2.27. The highest BCUT2D eigenvalue weighted by Gasteiger charge is 2.34. The summed E-state index contributed by atoms with van der Waals surface area (Å²) in [4.78, 5) is 14.5. The molecule has 1 aliphatic rings. The molecule has 1 saturated heterocycles. The fourth-order valence-electron chi connectivity index (χ4n) is 3.18. The van der Waals surface area contributed by atoms with E-state index in [1.807, 2.05) is 17.0 Å². The lowest BCUT2D eigenvalue weighted by Gasteiger charge is -2.20. The molecule has 0 bridgehead atoms. The lowest BCUT2D eigenvalue weighted by molar-refractivity contribution is 0.0711. The lowest BCUT2D eigenvalue weighted by atomic mass is 9.97. The van der Waals surface area contributed by atoms with E-state index in [1.54, 1.807) is 19.2 Å². The molecule has 122 valence electrons. The molecule has 1 fully saturated rings. The molecule has 2 heterocycles. The zero-order valence-corrected chi connectivity index (χ0v) is 13.5. The van der Waals surface area contributed by atoms with Crippen molar-refractivity contribution in [2.75, 3.05) is 13.7 Å². The minimum absolute atomic E-state index is 0.0618. The molecule has 0 spiro atoms. The van der Waals surface area contributed by atoms with E-state index in [9.17, 15) is 4.79 Å². The number of rotatable bonds is 4. The van der Waals surface area contributed by atoms with Gasteiger partial charge in [0, 0.05) is 18.5 Å². The number of ether oxygens (including phenoxy) is 1. The summed E-state index contributed by atoms with van der Waals surface area (Å²) < 4.78 is 10.7. The van der Waals surface area contributed by atoms with E-state index >= 15 is 0 Å². The molecule has 0 unspecified atom stereocenters. The average molecular weight is 314 g/mol. The van der Waals surface area contributed by atoms with Crippen molar-refractivity contribution in [2.24, 2.45) is 5.73 Å². The minimum atomic E-state index is -0.0618. The van der Waals surface area contributed by atoms with Gasteiger partial charge in [-0.1, -0.05) is 12.1 Å². The van der Waals surface area contributed by atoms with Gasteiger partial charge in [0.05, 0.1) is 13.7 Å². The maximum absolute atomic E-state index is 12.6. The van der Waals surface area contributed by atoms with E-state index in [0.717, 1.165) is 12.2 Å². The first kappa shape index (κ1) is 15.6. The zero-order valence-electron chi connectivity index (χ0n) is 13.5. The summed E-state index contributed by atoms with van der Waals surface area (Å²) in [5.74, 6) is 2.12. The zero-order chi connectivity index (χ0) is 16.4. The maximum atomic E-state index is 12.6. The first-order valence-electron chi connectivity index (χ1n) is 7.86. The van der Waals surface area contributed by atoms with Gasteiger partial charge in [-0.15, -0.1) is 0 Å². The van der Waals surface area contributed by atoms with Crippen LogP contribution < -0.4 is 10.5 Å². The SMILES string of the molecule is COc1ccc([C@@H]2C[C@@H](C)N(C(=O)c3ccc(CN)o3)C2)cc1. The molecule has 1 aromatic heterocycles. The smallest absolute Gasteiger partial charge is 0.289 e. The fraction of sp³-hybridized carbons (Fsp3) is 0.389. The van der Waals surface area contributed by atoms with Crippen LogP contribution in [-0.2, 0) is 6.54 Å². The van der Waals surface area contributed by atoms with Crippen molar-refractivity contribution in [2.45, 2.75) is 31.8 Å². The molecule has 2 aromatic rings. The van der Waals surface area contributed by atoms with E-state index in [2.05, 4.69) is 19.1 Å². The van der Waals surface area contributed by atoms with Crippen LogP contribution in [-0.4, -0.2) is 30.5 Å². The predicted molar refractivity (Wildman–Crippen MR) is 87.4 cm³/mol. The topological polar surface area (TPSA) is 68.7 Å². The molecule has 0 aliphatic carbocycles. The predicted octanol–water partition coefficient (Wildman–Crippen LogP) is 2.77. The minimum Gasteiger partial charge on any atom is -0.497 e. The third kappa shape index (κ3) is 3.10. The first-order valence-corrected chi connectivity index (χ1v) is 7.86. The Kier molecular flexibility index (Phi) is 4.39. The summed E-state index contributed by atoms with van der Waals surface area (Å²) in [5.41, 5.74) is 6.77. The molecule has 1 amide bonds.